The maximum atomic E-state index is 2.37. The number of rotatable bonds is 5. The number of nitrogens with zero attached hydrogens (tertiary/aromatic N) is 1. The first kappa shape index (κ1) is 9.52. The molecule has 0 bridgehead atoms. The van der Waals surface area contributed by atoms with Gasteiger partial charge in [0.1, 0.15) is 0 Å². The third-order valence-electron chi connectivity index (χ3n) is 1.17. The van der Waals surface area contributed by atoms with Crippen molar-refractivity contribution in [1.29, 1.82) is 0 Å². The molecule has 0 atom stereocenters. The molecule has 0 saturated heterocycles. The maximum absolute atomic E-state index is 2.37. The van der Waals surface area contributed by atoms with Crippen LogP contribution in [0.4, 0.5) is 0 Å². The van der Waals surface area contributed by atoms with Crippen molar-refractivity contribution < 1.29 is 19.4 Å². The van der Waals surface area contributed by atoms with Gasteiger partial charge in [0.2, 0.25) is 0 Å². The fourth-order valence-corrected chi connectivity index (χ4v) is 1.31. The molecule has 0 heterocycles. The topological polar surface area (TPSA) is 3.24 Å². The summed E-state index contributed by atoms with van der Waals surface area (Å²) >= 11 is 2.04. The Hall–Kier alpha value is 0.518. The van der Waals surface area contributed by atoms with E-state index >= 15 is 0 Å². The van der Waals surface area contributed by atoms with Crippen LogP contribution in [0.5, 0.6) is 0 Å². The first-order valence-electron chi connectivity index (χ1n) is 3.54. The summed E-state index contributed by atoms with van der Waals surface area (Å²) in [6.45, 7) is 6.86. The molecule has 0 fully saturated rings. The van der Waals surface area contributed by atoms with E-state index in [-0.39, 0.29) is 0 Å². The van der Waals surface area contributed by atoms with Gasteiger partial charge in [-0.3, -0.25) is 0 Å². The summed E-state index contributed by atoms with van der Waals surface area (Å²) < 4.78 is 2.18. The van der Waals surface area contributed by atoms with Crippen molar-refractivity contribution in [2.45, 2.75) is 26.7 Å². The van der Waals surface area contributed by atoms with Gasteiger partial charge in [0, 0.05) is 0 Å². The molecule has 0 aromatic carbocycles. The summed E-state index contributed by atoms with van der Waals surface area (Å²) in [7, 11) is 0. The molecule has 0 aliphatic heterocycles. The predicted octanol–water partition coefficient (Wildman–Crippen LogP) is 1.41. The minimum absolute atomic E-state index is 1.22. The van der Waals surface area contributed by atoms with Crippen LogP contribution in [-0.2, 0) is 19.4 Å². The Labute approximate surface area is 68.8 Å². The molecule has 0 N–H and O–H groups in total. The van der Waals surface area contributed by atoms with E-state index in [4.69, 9.17) is 0 Å². The Balaban J connectivity index is 3.29. The Morgan fingerprint density at radius 1 is 1.22 bits per heavy atom. The number of hydrogen-bond acceptors (Lipinski definition) is 1. The van der Waals surface area contributed by atoms with Crippen molar-refractivity contribution in [3.05, 3.63) is 0 Å². The van der Waals surface area contributed by atoms with E-state index < -0.39 is 0 Å². The third kappa shape index (κ3) is 4.99. The number of hydrogen-bond donors (Lipinski definition) is 0. The molecule has 0 saturated carbocycles. The summed E-state index contributed by atoms with van der Waals surface area (Å²) in [6, 6.07) is 0. The van der Waals surface area contributed by atoms with Crippen molar-refractivity contribution >= 4 is 4.52 Å². The quantitative estimate of drug-likeness (QED) is 0.619. The molecule has 9 heavy (non-hydrogen) atoms. The monoisotopic (exact) mass is 211 g/mol. The molecule has 0 amide bonds. The van der Waals surface area contributed by atoms with Crippen LogP contribution in [0.25, 0.3) is 0 Å². The van der Waals surface area contributed by atoms with Crippen molar-refractivity contribution in [2.75, 3.05) is 13.1 Å². The van der Waals surface area contributed by atoms with Gasteiger partial charge in [0.15, 0.2) is 0 Å². The fraction of sp³-hybridized carbons (Fsp3) is 0.857. The Morgan fingerprint density at radius 2 is 1.67 bits per heavy atom. The van der Waals surface area contributed by atoms with Crippen LogP contribution >= 0.6 is 0 Å². The molecule has 2 heteroatoms. The molecular formula is C7H15MoN. The summed E-state index contributed by atoms with van der Waals surface area (Å²) in [5.74, 6) is 0. The molecule has 0 aliphatic carbocycles. The molecule has 0 aliphatic rings. The molecular weight excluding hydrogens is 194 g/mol. The van der Waals surface area contributed by atoms with Gasteiger partial charge in [-0.05, 0) is 0 Å². The first-order valence-corrected chi connectivity index (χ1v) is 4.70. The van der Waals surface area contributed by atoms with Crippen LogP contribution in [0.15, 0.2) is 0 Å². The van der Waals surface area contributed by atoms with Gasteiger partial charge in [-0.25, -0.2) is 0 Å². The van der Waals surface area contributed by atoms with Gasteiger partial charge in [0.25, 0.3) is 0 Å². The average molecular weight is 209 g/mol. The molecule has 1 nitrogen and oxygen atoms in total. The summed E-state index contributed by atoms with van der Waals surface area (Å²) in [5, 5.41) is 0. The zero-order valence-electron chi connectivity index (χ0n) is 6.26. The zero-order chi connectivity index (χ0) is 7.11. The Kier molecular flexibility index (Phi) is 7.02. The molecule has 0 aromatic heterocycles. The van der Waals surface area contributed by atoms with Gasteiger partial charge in [0.05, 0.1) is 0 Å². The summed E-state index contributed by atoms with van der Waals surface area (Å²) in [4.78, 5) is 2.37. The molecule has 0 spiro atoms. The predicted molar refractivity (Wildman–Crippen MR) is 38.2 cm³/mol. The first-order chi connectivity index (χ1) is 4.35. The molecule has 0 unspecified atom stereocenters. The van der Waals surface area contributed by atoms with E-state index in [9.17, 15) is 0 Å². The SMILES string of the molecule is CCCN([CH]=[Mo])CCC. The van der Waals surface area contributed by atoms with Crippen LogP contribution < -0.4 is 0 Å². The Morgan fingerprint density at radius 3 is 1.89 bits per heavy atom. The van der Waals surface area contributed by atoms with Crippen LogP contribution in [0.2, 0.25) is 0 Å². The summed E-state index contributed by atoms with van der Waals surface area (Å²) in [5.41, 5.74) is 0. The van der Waals surface area contributed by atoms with Crippen molar-refractivity contribution in [2.24, 2.45) is 0 Å². The van der Waals surface area contributed by atoms with E-state index in [1.807, 2.05) is 19.4 Å². The van der Waals surface area contributed by atoms with E-state index in [1.165, 1.54) is 25.9 Å². The second-order valence-corrected chi connectivity index (χ2v) is 2.66. The van der Waals surface area contributed by atoms with E-state index in [2.05, 4.69) is 23.3 Å². The second kappa shape index (κ2) is 6.64. The van der Waals surface area contributed by atoms with Crippen LogP contribution in [0, 0.1) is 0 Å². The normalized spacial score (nSPS) is 10.1. The fourth-order valence-electron chi connectivity index (χ4n) is 0.792. The molecule has 0 aromatic rings. The van der Waals surface area contributed by atoms with Gasteiger partial charge in [-0.15, -0.1) is 0 Å². The van der Waals surface area contributed by atoms with E-state index in [1.54, 1.807) is 0 Å². The van der Waals surface area contributed by atoms with Crippen LogP contribution in [-0.4, -0.2) is 22.5 Å². The molecule has 0 rings (SSSR count). The van der Waals surface area contributed by atoms with Crippen LogP contribution in [0.3, 0.4) is 0 Å². The van der Waals surface area contributed by atoms with E-state index in [0.29, 0.717) is 0 Å². The van der Waals surface area contributed by atoms with Gasteiger partial charge in [-0.1, -0.05) is 0 Å². The van der Waals surface area contributed by atoms with Crippen molar-refractivity contribution in [3.8, 4) is 0 Å². The van der Waals surface area contributed by atoms with Gasteiger partial charge < -0.3 is 0 Å². The van der Waals surface area contributed by atoms with Crippen molar-refractivity contribution in [3.63, 3.8) is 0 Å². The summed E-state index contributed by atoms with van der Waals surface area (Å²) in [6.07, 6.45) is 2.51. The van der Waals surface area contributed by atoms with Crippen LogP contribution in [0.1, 0.15) is 26.7 Å². The van der Waals surface area contributed by atoms with Crippen molar-refractivity contribution in [1.82, 2.24) is 4.90 Å². The zero-order valence-corrected chi connectivity index (χ0v) is 8.27. The Bertz CT molecular complexity index is 67.3. The third-order valence-corrected chi connectivity index (χ3v) is 1.90. The average Bonchev–Trinajstić information content (AvgIpc) is 1.88. The van der Waals surface area contributed by atoms with Gasteiger partial charge >= 0.3 is 68.6 Å². The van der Waals surface area contributed by atoms with Gasteiger partial charge in [-0.2, -0.15) is 0 Å². The minimum atomic E-state index is 1.22. The standard InChI is InChI=1S/C7H15N.Mo/c1-4-6-8(3)7-5-2;/h3H,4-7H2,1-2H3;. The molecule has 0 radical (unpaired) electrons. The second-order valence-electron chi connectivity index (χ2n) is 2.14. The van der Waals surface area contributed by atoms with E-state index in [0.717, 1.165) is 0 Å². The molecule has 54 valence electrons.